The number of anilines is 1. The van der Waals surface area contributed by atoms with Crippen LogP contribution in [0.25, 0.3) is 0 Å². The largest absolute Gasteiger partial charge is 0.494 e. The monoisotopic (exact) mass is 291 g/mol. The molecule has 0 bridgehead atoms. The zero-order chi connectivity index (χ0) is 14.7. The van der Waals surface area contributed by atoms with Crippen LogP contribution >= 0.6 is 11.8 Å². The minimum Gasteiger partial charge on any atom is -0.494 e. The second-order valence-corrected chi connectivity index (χ2v) is 5.97. The molecule has 2 aromatic carbocycles. The molecule has 0 atom stereocenters. The molecule has 2 N–H and O–H groups in total. The van der Waals surface area contributed by atoms with E-state index in [1.54, 1.807) is 6.07 Å². The van der Waals surface area contributed by atoms with E-state index in [0.717, 1.165) is 9.79 Å². The van der Waals surface area contributed by atoms with Gasteiger partial charge in [0, 0.05) is 21.5 Å². The van der Waals surface area contributed by atoms with E-state index in [0.29, 0.717) is 11.6 Å². The van der Waals surface area contributed by atoms with Crippen LogP contribution < -0.4 is 10.5 Å². The molecule has 2 rings (SSSR count). The first kappa shape index (κ1) is 14.7. The molecule has 0 fully saturated rings. The van der Waals surface area contributed by atoms with Crippen LogP contribution in [-0.2, 0) is 0 Å². The fourth-order valence-corrected chi connectivity index (χ4v) is 2.71. The molecule has 2 nitrogen and oxygen atoms in total. The van der Waals surface area contributed by atoms with Gasteiger partial charge >= 0.3 is 0 Å². The van der Waals surface area contributed by atoms with Gasteiger partial charge in [0.05, 0.1) is 7.11 Å². The van der Waals surface area contributed by atoms with Gasteiger partial charge in [-0.15, -0.1) is 0 Å². The fraction of sp³-hybridized carbons (Fsp3) is 0.250. The Morgan fingerprint density at radius 1 is 1.15 bits per heavy atom. The second kappa shape index (κ2) is 6.18. The molecule has 0 saturated carbocycles. The summed E-state index contributed by atoms with van der Waals surface area (Å²) >= 11 is 1.50. The number of halogens is 1. The zero-order valence-corrected chi connectivity index (χ0v) is 12.6. The first-order valence-corrected chi connectivity index (χ1v) is 7.23. The Kier molecular flexibility index (Phi) is 4.55. The molecule has 2 aromatic rings. The predicted molar refractivity (Wildman–Crippen MR) is 82.0 cm³/mol. The third-order valence-electron chi connectivity index (χ3n) is 3.06. The molecule has 0 unspecified atom stereocenters. The van der Waals surface area contributed by atoms with Gasteiger partial charge < -0.3 is 10.5 Å². The summed E-state index contributed by atoms with van der Waals surface area (Å²) in [6.45, 7) is 4.32. The van der Waals surface area contributed by atoms with Crippen molar-refractivity contribution in [1.29, 1.82) is 0 Å². The first-order valence-electron chi connectivity index (χ1n) is 6.42. The Balaban J connectivity index is 2.25. The lowest BCUT2D eigenvalue weighted by atomic mass is 10.0. The highest BCUT2D eigenvalue weighted by Gasteiger charge is 2.10. The average Bonchev–Trinajstić information content (AvgIpc) is 2.42. The quantitative estimate of drug-likeness (QED) is 0.830. The van der Waals surface area contributed by atoms with Gasteiger partial charge in [-0.1, -0.05) is 37.7 Å². The van der Waals surface area contributed by atoms with Gasteiger partial charge in [-0.3, -0.25) is 0 Å². The van der Waals surface area contributed by atoms with Crippen LogP contribution in [0.1, 0.15) is 25.3 Å². The van der Waals surface area contributed by atoms with Gasteiger partial charge in [0.25, 0.3) is 0 Å². The van der Waals surface area contributed by atoms with E-state index in [1.807, 2.05) is 0 Å². The van der Waals surface area contributed by atoms with Gasteiger partial charge in [0.2, 0.25) is 0 Å². The molecule has 0 aromatic heterocycles. The summed E-state index contributed by atoms with van der Waals surface area (Å²) in [5.41, 5.74) is 7.56. The maximum absolute atomic E-state index is 13.5. The van der Waals surface area contributed by atoms with Crippen molar-refractivity contribution in [1.82, 2.24) is 0 Å². The predicted octanol–water partition coefficient (Wildman–Crippen LogP) is 4.69. The van der Waals surface area contributed by atoms with Crippen molar-refractivity contribution in [2.45, 2.75) is 29.6 Å². The van der Waals surface area contributed by atoms with Gasteiger partial charge in [-0.25, -0.2) is 4.39 Å². The maximum atomic E-state index is 13.5. The van der Waals surface area contributed by atoms with E-state index in [9.17, 15) is 4.39 Å². The van der Waals surface area contributed by atoms with Crippen LogP contribution in [0.3, 0.4) is 0 Å². The summed E-state index contributed by atoms with van der Waals surface area (Å²) < 4.78 is 18.5. The van der Waals surface area contributed by atoms with Crippen LogP contribution in [0.2, 0.25) is 0 Å². The molecule has 0 aliphatic rings. The van der Waals surface area contributed by atoms with E-state index in [2.05, 4.69) is 38.1 Å². The lowest BCUT2D eigenvalue weighted by molar-refractivity contribution is 0.385. The van der Waals surface area contributed by atoms with Gasteiger partial charge in [0.1, 0.15) is 0 Å². The third kappa shape index (κ3) is 3.25. The summed E-state index contributed by atoms with van der Waals surface area (Å²) in [5.74, 6) is 0.273. The highest BCUT2D eigenvalue weighted by molar-refractivity contribution is 7.99. The summed E-state index contributed by atoms with van der Waals surface area (Å²) in [5, 5.41) is 0. The highest BCUT2D eigenvalue weighted by Crippen LogP contribution is 2.36. The van der Waals surface area contributed by atoms with Crippen molar-refractivity contribution >= 4 is 17.4 Å². The summed E-state index contributed by atoms with van der Waals surface area (Å²) in [7, 11) is 1.44. The molecule has 0 radical (unpaired) electrons. The van der Waals surface area contributed by atoms with E-state index >= 15 is 0 Å². The summed E-state index contributed by atoms with van der Waals surface area (Å²) in [4.78, 5) is 1.86. The number of hydrogen-bond donors (Lipinski definition) is 1. The summed E-state index contributed by atoms with van der Waals surface area (Å²) in [6.07, 6.45) is 0. The number of rotatable bonds is 4. The van der Waals surface area contributed by atoms with Crippen LogP contribution in [0.15, 0.2) is 46.2 Å². The normalized spacial score (nSPS) is 10.8. The Bertz CT molecular complexity index is 596. The molecule has 0 aliphatic carbocycles. The summed E-state index contributed by atoms with van der Waals surface area (Å²) in [6, 6.07) is 11.2. The lowest BCUT2D eigenvalue weighted by Gasteiger charge is -2.10. The van der Waals surface area contributed by atoms with E-state index < -0.39 is 5.82 Å². The highest BCUT2D eigenvalue weighted by atomic mass is 32.2. The van der Waals surface area contributed by atoms with Crippen molar-refractivity contribution in [3.63, 3.8) is 0 Å². The average molecular weight is 291 g/mol. The molecule has 0 saturated heterocycles. The van der Waals surface area contributed by atoms with Crippen LogP contribution in [0.4, 0.5) is 10.1 Å². The van der Waals surface area contributed by atoms with Gasteiger partial charge in [-0.2, -0.15) is 0 Å². The topological polar surface area (TPSA) is 35.2 Å². The maximum Gasteiger partial charge on any atom is 0.167 e. The van der Waals surface area contributed by atoms with E-state index in [4.69, 9.17) is 10.5 Å². The Morgan fingerprint density at radius 2 is 1.80 bits per heavy atom. The minimum atomic E-state index is -0.440. The van der Waals surface area contributed by atoms with Crippen LogP contribution in [0.5, 0.6) is 5.75 Å². The Hall–Kier alpha value is -1.68. The molecule has 0 amide bonds. The number of hydrogen-bond acceptors (Lipinski definition) is 3. The molecular formula is C16H18FNOS. The molecule has 4 heteroatoms. The van der Waals surface area contributed by atoms with Crippen LogP contribution in [-0.4, -0.2) is 7.11 Å². The van der Waals surface area contributed by atoms with E-state index in [-0.39, 0.29) is 5.75 Å². The van der Waals surface area contributed by atoms with Crippen molar-refractivity contribution in [2.24, 2.45) is 0 Å². The molecular weight excluding hydrogens is 273 g/mol. The Morgan fingerprint density at radius 3 is 2.35 bits per heavy atom. The molecule has 0 heterocycles. The molecule has 106 valence electrons. The first-order chi connectivity index (χ1) is 9.51. The van der Waals surface area contributed by atoms with Crippen molar-refractivity contribution < 1.29 is 9.13 Å². The Labute approximate surface area is 123 Å². The van der Waals surface area contributed by atoms with Crippen molar-refractivity contribution in [3.05, 3.63) is 47.8 Å². The number of nitrogen functional groups attached to an aromatic ring is 1. The molecule has 20 heavy (non-hydrogen) atoms. The number of benzene rings is 2. The lowest BCUT2D eigenvalue weighted by Crippen LogP contribution is -1.94. The van der Waals surface area contributed by atoms with Crippen LogP contribution in [0, 0.1) is 5.82 Å². The standard InChI is InChI=1S/C16H18FNOS/c1-10(2)11-4-6-12(7-5-11)20-16-9-15(19-3)13(17)8-14(16)18/h4-10H,18H2,1-3H3. The van der Waals surface area contributed by atoms with Gasteiger partial charge in [-0.05, 0) is 29.7 Å². The fourth-order valence-electron chi connectivity index (χ4n) is 1.84. The minimum absolute atomic E-state index is 0.209. The molecule has 0 spiro atoms. The van der Waals surface area contributed by atoms with Crippen molar-refractivity contribution in [2.75, 3.05) is 12.8 Å². The van der Waals surface area contributed by atoms with Gasteiger partial charge in [0.15, 0.2) is 11.6 Å². The number of methoxy groups -OCH3 is 1. The molecule has 0 aliphatic heterocycles. The van der Waals surface area contributed by atoms with E-state index in [1.165, 1.54) is 30.5 Å². The number of ether oxygens (including phenoxy) is 1. The third-order valence-corrected chi connectivity index (χ3v) is 4.14. The SMILES string of the molecule is COc1cc(Sc2ccc(C(C)C)cc2)c(N)cc1F. The number of nitrogens with two attached hydrogens (primary N) is 1. The second-order valence-electron chi connectivity index (χ2n) is 4.85. The zero-order valence-electron chi connectivity index (χ0n) is 11.8. The van der Waals surface area contributed by atoms with Crippen molar-refractivity contribution in [3.8, 4) is 5.75 Å². The smallest absolute Gasteiger partial charge is 0.167 e.